The first-order valence-corrected chi connectivity index (χ1v) is 11.8. The number of unbranched alkanes of at least 4 members (excludes halogenated alkanes) is 1. The van der Waals surface area contributed by atoms with Crippen molar-refractivity contribution in [2.45, 2.75) is 42.2 Å². The highest BCUT2D eigenvalue weighted by atomic mass is 32.2. The van der Waals surface area contributed by atoms with Crippen LogP contribution in [0.5, 0.6) is 0 Å². The van der Waals surface area contributed by atoms with Gasteiger partial charge in [0.05, 0.1) is 23.0 Å². The second kappa shape index (κ2) is 10.2. The number of nitrogens with one attached hydrogen (secondary N) is 2. The van der Waals surface area contributed by atoms with E-state index in [4.69, 9.17) is 9.94 Å². The van der Waals surface area contributed by atoms with E-state index in [0.29, 0.717) is 17.8 Å². The van der Waals surface area contributed by atoms with Crippen molar-refractivity contribution in [3.05, 3.63) is 42.4 Å². The Kier molecular flexibility index (Phi) is 7.54. The number of hydrogen-bond acceptors (Lipinski definition) is 8. The summed E-state index contributed by atoms with van der Waals surface area (Å²) in [6.07, 6.45) is 4.53. The Morgan fingerprint density at radius 2 is 1.81 bits per heavy atom. The fraction of sp³-hybridized carbons (Fsp3) is 0.429. The average molecular weight is 463 g/mol. The smallest absolute Gasteiger partial charge is 0.271 e. The molecule has 0 spiro atoms. The van der Waals surface area contributed by atoms with Crippen LogP contribution in [0.4, 0.5) is 0 Å². The predicted octanol–water partition coefficient (Wildman–Crippen LogP) is 1.50. The topological polar surface area (TPSA) is 148 Å². The number of ether oxygens (including phenoxy) is 1. The second-order valence-corrected chi connectivity index (χ2v) is 9.73. The van der Waals surface area contributed by atoms with Crippen molar-refractivity contribution in [1.82, 2.24) is 20.8 Å². The molecule has 1 aromatic carbocycles. The van der Waals surface area contributed by atoms with Gasteiger partial charge in [-0.25, -0.2) is 18.9 Å². The summed E-state index contributed by atoms with van der Waals surface area (Å²) in [5, 5.41) is 11.9. The van der Waals surface area contributed by atoms with E-state index in [0.717, 1.165) is 12.8 Å². The zero-order chi connectivity index (χ0) is 23.2. The summed E-state index contributed by atoms with van der Waals surface area (Å²) in [6.45, 7) is 2.79. The molecule has 1 aliphatic rings. The minimum atomic E-state index is -4.10. The zero-order valence-corrected chi connectivity index (χ0v) is 18.5. The number of carbonyl (C=O) groups is 2. The maximum atomic E-state index is 13.3. The summed E-state index contributed by atoms with van der Waals surface area (Å²) in [7, 11) is -4.10. The average Bonchev–Trinajstić information content (AvgIpc) is 2.84. The minimum absolute atomic E-state index is 0.0494. The molecule has 1 fully saturated rings. The van der Waals surface area contributed by atoms with Crippen LogP contribution in [0.3, 0.4) is 0 Å². The van der Waals surface area contributed by atoms with Gasteiger partial charge in [-0.3, -0.25) is 19.8 Å². The van der Waals surface area contributed by atoms with Crippen molar-refractivity contribution < 1.29 is 28.0 Å². The van der Waals surface area contributed by atoms with E-state index in [-0.39, 0.29) is 42.6 Å². The van der Waals surface area contributed by atoms with Gasteiger partial charge < -0.3 is 10.1 Å². The van der Waals surface area contributed by atoms with Crippen molar-refractivity contribution in [1.29, 1.82) is 0 Å². The molecule has 0 aliphatic carbocycles. The van der Waals surface area contributed by atoms with Gasteiger partial charge in [-0.2, -0.15) is 0 Å². The Bertz CT molecular complexity index is 1050. The Hall–Kier alpha value is -2.89. The van der Waals surface area contributed by atoms with Crippen LogP contribution < -0.4 is 10.8 Å². The highest BCUT2D eigenvalue weighted by molar-refractivity contribution is 7.93. The van der Waals surface area contributed by atoms with Gasteiger partial charge in [0.15, 0.2) is 14.6 Å². The first-order valence-electron chi connectivity index (χ1n) is 10.3. The highest BCUT2D eigenvalue weighted by Gasteiger charge is 2.52. The van der Waals surface area contributed by atoms with Crippen LogP contribution in [0.1, 0.15) is 43.1 Å². The lowest BCUT2D eigenvalue weighted by Crippen LogP contribution is -2.54. The molecule has 2 heterocycles. The van der Waals surface area contributed by atoms with Gasteiger partial charge >= 0.3 is 0 Å². The van der Waals surface area contributed by atoms with Crippen LogP contribution in [0.25, 0.3) is 11.3 Å². The fourth-order valence-corrected chi connectivity index (χ4v) is 5.45. The molecule has 2 aromatic rings. The van der Waals surface area contributed by atoms with Gasteiger partial charge in [-0.15, -0.1) is 0 Å². The summed E-state index contributed by atoms with van der Waals surface area (Å²) < 4.78 is 30.0. The molecule has 1 aliphatic heterocycles. The molecule has 1 aromatic heterocycles. The molecular formula is C21H26N4O6S. The predicted molar refractivity (Wildman–Crippen MR) is 115 cm³/mol. The monoisotopic (exact) mass is 462 g/mol. The molecule has 0 saturated carbocycles. The maximum absolute atomic E-state index is 13.3. The molecule has 0 unspecified atom stereocenters. The van der Waals surface area contributed by atoms with Crippen molar-refractivity contribution in [3.63, 3.8) is 0 Å². The standard InChI is InChI=1S/C21H26N4O6S/c1-2-3-10-22-19(26)18-14-23-17(13-24-18)15-4-6-16(7-5-15)32(29,30)21(20(27)25-28)8-11-31-12-9-21/h4-7,13-14,28H,2-3,8-12H2,1H3,(H,22,26)(H,25,27). The summed E-state index contributed by atoms with van der Waals surface area (Å²) in [6, 6.07) is 5.89. The van der Waals surface area contributed by atoms with E-state index < -0.39 is 20.5 Å². The maximum Gasteiger partial charge on any atom is 0.271 e. The van der Waals surface area contributed by atoms with Gasteiger partial charge in [0.2, 0.25) is 0 Å². The summed E-state index contributed by atoms with van der Waals surface area (Å²) >= 11 is 0. The fourth-order valence-electron chi connectivity index (χ4n) is 3.51. The first-order chi connectivity index (χ1) is 15.4. The Labute approximate surface area is 186 Å². The van der Waals surface area contributed by atoms with Gasteiger partial charge in [-0.05, 0) is 31.4 Å². The van der Waals surface area contributed by atoms with Crippen LogP contribution in [0, 0.1) is 0 Å². The van der Waals surface area contributed by atoms with Crippen LogP contribution in [-0.4, -0.2) is 59.9 Å². The quantitative estimate of drug-likeness (QED) is 0.304. The van der Waals surface area contributed by atoms with Gasteiger partial charge in [0, 0.05) is 25.3 Å². The van der Waals surface area contributed by atoms with Crippen molar-refractivity contribution >= 4 is 21.7 Å². The summed E-state index contributed by atoms with van der Waals surface area (Å²) in [5.41, 5.74) is 2.75. The molecule has 0 bridgehead atoms. The molecule has 172 valence electrons. The van der Waals surface area contributed by atoms with E-state index in [1.165, 1.54) is 30.0 Å². The third kappa shape index (κ3) is 4.64. The van der Waals surface area contributed by atoms with Gasteiger partial charge in [0.1, 0.15) is 5.69 Å². The van der Waals surface area contributed by atoms with Crippen molar-refractivity contribution in [3.8, 4) is 11.3 Å². The lowest BCUT2D eigenvalue weighted by Gasteiger charge is -2.34. The van der Waals surface area contributed by atoms with Gasteiger partial charge in [0.25, 0.3) is 11.8 Å². The number of carbonyl (C=O) groups excluding carboxylic acids is 2. The van der Waals surface area contributed by atoms with Crippen molar-refractivity contribution in [2.75, 3.05) is 19.8 Å². The van der Waals surface area contributed by atoms with E-state index in [1.54, 1.807) is 12.1 Å². The number of hydroxylamine groups is 1. The van der Waals surface area contributed by atoms with Crippen LogP contribution in [0.15, 0.2) is 41.6 Å². The SMILES string of the molecule is CCCCNC(=O)c1cnc(-c2ccc(S(=O)(=O)C3(C(=O)NO)CCOCC3)cc2)cn1. The molecule has 3 N–H and O–H groups in total. The van der Waals surface area contributed by atoms with Crippen LogP contribution in [-0.2, 0) is 19.4 Å². The third-order valence-corrected chi connectivity index (χ3v) is 8.01. The minimum Gasteiger partial charge on any atom is -0.381 e. The number of benzene rings is 1. The Morgan fingerprint density at radius 3 is 2.38 bits per heavy atom. The number of aromatic nitrogens is 2. The Morgan fingerprint density at radius 1 is 1.12 bits per heavy atom. The lowest BCUT2D eigenvalue weighted by molar-refractivity contribution is -0.134. The number of sulfone groups is 1. The van der Waals surface area contributed by atoms with Crippen LogP contribution >= 0.6 is 0 Å². The van der Waals surface area contributed by atoms with E-state index in [9.17, 15) is 18.0 Å². The molecule has 2 amide bonds. The number of amides is 2. The van der Waals surface area contributed by atoms with Crippen LogP contribution in [0.2, 0.25) is 0 Å². The van der Waals surface area contributed by atoms with E-state index >= 15 is 0 Å². The molecule has 0 atom stereocenters. The molecule has 10 nitrogen and oxygen atoms in total. The molecule has 11 heteroatoms. The summed E-state index contributed by atoms with van der Waals surface area (Å²) in [5.74, 6) is -1.27. The zero-order valence-electron chi connectivity index (χ0n) is 17.7. The van der Waals surface area contributed by atoms with Crippen molar-refractivity contribution in [2.24, 2.45) is 0 Å². The molecular weight excluding hydrogens is 436 g/mol. The molecule has 1 saturated heterocycles. The summed E-state index contributed by atoms with van der Waals surface area (Å²) in [4.78, 5) is 32.7. The number of rotatable bonds is 8. The largest absolute Gasteiger partial charge is 0.381 e. The lowest BCUT2D eigenvalue weighted by atomic mass is 9.98. The molecule has 3 rings (SSSR count). The molecule has 32 heavy (non-hydrogen) atoms. The number of nitrogens with zero attached hydrogens (tertiary/aromatic N) is 2. The number of hydrogen-bond donors (Lipinski definition) is 3. The van der Waals surface area contributed by atoms with E-state index in [2.05, 4.69) is 15.3 Å². The normalized spacial score (nSPS) is 15.7. The first kappa shape index (κ1) is 23.8. The second-order valence-electron chi connectivity index (χ2n) is 7.47. The highest BCUT2D eigenvalue weighted by Crippen LogP contribution is 2.35. The molecule has 0 radical (unpaired) electrons. The van der Waals surface area contributed by atoms with Gasteiger partial charge in [-0.1, -0.05) is 25.5 Å². The van der Waals surface area contributed by atoms with E-state index in [1.807, 2.05) is 6.92 Å². The third-order valence-electron chi connectivity index (χ3n) is 5.49. The Balaban J connectivity index is 1.81.